The van der Waals surface area contributed by atoms with Gasteiger partial charge in [0, 0.05) is 12.1 Å². The second kappa shape index (κ2) is 7.14. The van der Waals surface area contributed by atoms with E-state index in [1.165, 1.54) is 13.4 Å². The maximum absolute atomic E-state index is 11.9. The number of nitrogens with one attached hydrogen (secondary N) is 1. The van der Waals surface area contributed by atoms with Crippen LogP contribution in [0.2, 0.25) is 0 Å². The van der Waals surface area contributed by atoms with Crippen molar-refractivity contribution in [2.45, 2.75) is 6.42 Å². The van der Waals surface area contributed by atoms with E-state index in [4.69, 9.17) is 0 Å². The third-order valence-corrected chi connectivity index (χ3v) is 2.81. The average Bonchev–Trinajstić information content (AvgIpc) is 2.55. The summed E-state index contributed by atoms with van der Waals surface area (Å²) < 4.78 is 4.50. The summed E-state index contributed by atoms with van der Waals surface area (Å²) in [6.45, 7) is 0.205. The van der Waals surface area contributed by atoms with Crippen LogP contribution in [0, 0.1) is 0 Å². The topological polar surface area (TPSA) is 81.2 Å². The van der Waals surface area contributed by atoms with Crippen LogP contribution >= 0.6 is 0 Å². The minimum atomic E-state index is -0.372. The van der Waals surface area contributed by atoms with Crippen LogP contribution < -0.4 is 5.32 Å². The molecule has 2 rings (SSSR count). The van der Waals surface area contributed by atoms with Crippen molar-refractivity contribution in [3.05, 3.63) is 48.4 Å². The number of carbonyl (C=O) groups is 2. The Morgan fingerprint density at radius 1 is 1.19 bits per heavy atom. The molecule has 108 valence electrons. The van der Waals surface area contributed by atoms with Crippen molar-refractivity contribution >= 4 is 11.9 Å². The Morgan fingerprint density at radius 2 is 1.95 bits per heavy atom. The first kappa shape index (κ1) is 14.6. The number of rotatable bonds is 5. The van der Waals surface area contributed by atoms with Gasteiger partial charge < -0.3 is 10.1 Å². The van der Waals surface area contributed by atoms with Gasteiger partial charge >= 0.3 is 5.97 Å². The molecule has 6 nitrogen and oxygen atoms in total. The van der Waals surface area contributed by atoms with Gasteiger partial charge in [-0.2, -0.15) is 0 Å². The predicted molar refractivity (Wildman–Crippen MR) is 76.4 cm³/mol. The van der Waals surface area contributed by atoms with Crippen molar-refractivity contribution in [1.82, 2.24) is 15.3 Å². The van der Waals surface area contributed by atoms with Crippen LogP contribution in [0.4, 0.5) is 0 Å². The number of nitrogens with zero attached hydrogens (tertiary/aromatic N) is 2. The molecule has 2 aromatic rings. The van der Waals surface area contributed by atoms with E-state index >= 15 is 0 Å². The van der Waals surface area contributed by atoms with Crippen LogP contribution in [0.25, 0.3) is 11.3 Å². The number of methoxy groups -OCH3 is 1. The van der Waals surface area contributed by atoms with Gasteiger partial charge in [0.25, 0.3) is 5.91 Å². The Hall–Kier alpha value is -2.76. The van der Waals surface area contributed by atoms with E-state index in [0.29, 0.717) is 5.69 Å². The Balaban J connectivity index is 2.04. The van der Waals surface area contributed by atoms with Crippen molar-refractivity contribution in [3.8, 4) is 11.3 Å². The standard InChI is InChI=1S/C15H15N3O3/c1-21-14(19)7-8-16-15(20)13-9-12(17-10-18-13)11-5-3-2-4-6-11/h2-6,9-10H,7-8H2,1H3,(H,16,20). The van der Waals surface area contributed by atoms with Gasteiger partial charge in [-0.1, -0.05) is 30.3 Å². The van der Waals surface area contributed by atoms with Gasteiger partial charge in [-0.05, 0) is 6.07 Å². The molecule has 0 aliphatic heterocycles. The highest BCUT2D eigenvalue weighted by molar-refractivity contribution is 5.93. The molecule has 1 heterocycles. The van der Waals surface area contributed by atoms with Crippen LogP contribution in [0.3, 0.4) is 0 Å². The zero-order chi connectivity index (χ0) is 15.1. The summed E-state index contributed by atoms with van der Waals surface area (Å²) in [5.74, 6) is -0.721. The van der Waals surface area contributed by atoms with Crippen molar-refractivity contribution < 1.29 is 14.3 Å². The summed E-state index contributed by atoms with van der Waals surface area (Å²) in [4.78, 5) is 31.0. The van der Waals surface area contributed by atoms with Crippen LogP contribution in [0.1, 0.15) is 16.9 Å². The molecule has 0 fully saturated rings. The summed E-state index contributed by atoms with van der Waals surface area (Å²) in [7, 11) is 1.31. The van der Waals surface area contributed by atoms with E-state index in [2.05, 4.69) is 20.0 Å². The highest BCUT2D eigenvalue weighted by Gasteiger charge is 2.10. The van der Waals surface area contributed by atoms with E-state index in [9.17, 15) is 9.59 Å². The van der Waals surface area contributed by atoms with Gasteiger partial charge in [0.1, 0.15) is 12.0 Å². The molecule has 1 aromatic carbocycles. The number of amides is 1. The van der Waals surface area contributed by atoms with Gasteiger partial charge in [-0.25, -0.2) is 9.97 Å². The third kappa shape index (κ3) is 4.10. The molecule has 0 radical (unpaired) electrons. The zero-order valence-corrected chi connectivity index (χ0v) is 11.6. The van der Waals surface area contributed by atoms with Gasteiger partial charge in [0.2, 0.25) is 0 Å². The lowest BCUT2D eigenvalue weighted by atomic mass is 10.1. The number of carbonyl (C=O) groups excluding carboxylic acids is 2. The molecule has 21 heavy (non-hydrogen) atoms. The maximum atomic E-state index is 11.9. The van der Waals surface area contributed by atoms with E-state index < -0.39 is 0 Å². The Kier molecular flexibility index (Phi) is 4.98. The lowest BCUT2D eigenvalue weighted by molar-refractivity contribution is -0.140. The van der Waals surface area contributed by atoms with Crippen molar-refractivity contribution in [3.63, 3.8) is 0 Å². The number of hydrogen-bond donors (Lipinski definition) is 1. The molecule has 0 saturated carbocycles. The van der Waals surface area contributed by atoms with Gasteiger partial charge in [0.15, 0.2) is 0 Å². The molecule has 0 bridgehead atoms. The number of esters is 1. The minimum Gasteiger partial charge on any atom is -0.469 e. The zero-order valence-electron chi connectivity index (χ0n) is 11.6. The van der Waals surface area contributed by atoms with E-state index in [0.717, 1.165) is 5.56 Å². The SMILES string of the molecule is COC(=O)CCNC(=O)c1cc(-c2ccccc2)ncn1. The van der Waals surface area contributed by atoms with Crippen LogP contribution in [0.15, 0.2) is 42.7 Å². The summed E-state index contributed by atoms with van der Waals surface area (Å²) in [5.41, 5.74) is 1.83. The first-order chi connectivity index (χ1) is 10.2. The lowest BCUT2D eigenvalue weighted by Crippen LogP contribution is -2.27. The summed E-state index contributed by atoms with van der Waals surface area (Å²) >= 11 is 0. The number of benzene rings is 1. The van der Waals surface area contributed by atoms with Crippen LogP contribution in [-0.2, 0) is 9.53 Å². The van der Waals surface area contributed by atoms with E-state index in [-0.39, 0.29) is 30.5 Å². The summed E-state index contributed by atoms with van der Waals surface area (Å²) in [5, 5.41) is 2.61. The quantitative estimate of drug-likeness (QED) is 0.841. The molecule has 0 aliphatic rings. The molecule has 1 amide bonds. The minimum absolute atomic E-state index is 0.124. The van der Waals surface area contributed by atoms with Gasteiger partial charge in [-0.15, -0.1) is 0 Å². The second-order valence-corrected chi connectivity index (χ2v) is 4.24. The fraction of sp³-hybridized carbons (Fsp3) is 0.200. The average molecular weight is 285 g/mol. The molecule has 0 saturated heterocycles. The summed E-state index contributed by atoms with van der Waals surface area (Å²) in [6, 6.07) is 11.1. The highest BCUT2D eigenvalue weighted by atomic mass is 16.5. The summed E-state index contributed by atoms with van der Waals surface area (Å²) in [6.07, 6.45) is 1.47. The first-order valence-corrected chi connectivity index (χ1v) is 6.43. The molecular formula is C15H15N3O3. The fourth-order valence-corrected chi connectivity index (χ4v) is 1.72. The Labute approximate surface area is 122 Å². The molecule has 1 aromatic heterocycles. The molecule has 1 N–H and O–H groups in total. The lowest BCUT2D eigenvalue weighted by Gasteiger charge is -2.05. The first-order valence-electron chi connectivity index (χ1n) is 6.43. The third-order valence-electron chi connectivity index (χ3n) is 2.81. The van der Waals surface area contributed by atoms with Gasteiger partial charge in [0.05, 0.1) is 19.2 Å². The highest BCUT2D eigenvalue weighted by Crippen LogP contribution is 2.15. The Bertz CT molecular complexity index is 629. The van der Waals surface area contributed by atoms with Crippen molar-refractivity contribution in [2.24, 2.45) is 0 Å². The van der Waals surface area contributed by atoms with Crippen molar-refractivity contribution in [2.75, 3.05) is 13.7 Å². The van der Waals surface area contributed by atoms with Gasteiger partial charge in [-0.3, -0.25) is 9.59 Å². The number of ether oxygens (including phenoxy) is 1. The van der Waals surface area contributed by atoms with E-state index in [1.54, 1.807) is 6.07 Å². The molecule has 0 atom stereocenters. The maximum Gasteiger partial charge on any atom is 0.307 e. The molecule has 6 heteroatoms. The van der Waals surface area contributed by atoms with Crippen molar-refractivity contribution in [1.29, 1.82) is 0 Å². The normalized spacial score (nSPS) is 9.95. The Morgan fingerprint density at radius 3 is 2.67 bits per heavy atom. The van der Waals surface area contributed by atoms with Crippen LogP contribution in [0.5, 0.6) is 0 Å². The smallest absolute Gasteiger partial charge is 0.307 e. The fourth-order valence-electron chi connectivity index (χ4n) is 1.72. The largest absolute Gasteiger partial charge is 0.469 e. The van der Waals surface area contributed by atoms with E-state index in [1.807, 2.05) is 30.3 Å². The second-order valence-electron chi connectivity index (χ2n) is 4.24. The number of aromatic nitrogens is 2. The molecule has 0 spiro atoms. The molecular weight excluding hydrogens is 270 g/mol. The molecule has 0 unspecified atom stereocenters. The predicted octanol–water partition coefficient (Wildman–Crippen LogP) is 1.44. The molecule has 0 aliphatic carbocycles. The number of hydrogen-bond acceptors (Lipinski definition) is 5. The monoisotopic (exact) mass is 285 g/mol. The van der Waals surface area contributed by atoms with Crippen LogP contribution in [-0.4, -0.2) is 35.5 Å².